The Bertz CT molecular complexity index is 770. The van der Waals surface area contributed by atoms with Gasteiger partial charge < -0.3 is 10.5 Å². The molecule has 3 rings (SSSR count). The van der Waals surface area contributed by atoms with E-state index in [2.05, 4.69) is 6.07 Å². The molecule has 0 aliphatic heterocycles. The second kappa shape index (κ2) is 5.94. The van der Waals surface area contributed by atoms with E-state index in [0.29, 0.717) is 13.2 Å². The molecule has 0 amide bonds. The standard InChI is InChI=1S/C18H16FNO/c19-17-8-13(11-20)7-14(9-17)12-21-18-6-5-15-3-1-2-4-16(15)10-18/h1-10H,11-12,20H2. The van der Waals surface area contributed by atoms with Crippen molar-refractivity contribution in [2.24, 2.45) is 5.73 Å². The molecule has 0 spiro atoms. The monoisotopic (exact) mass is 281 g/mol. The third kappa shape index (κ3) is 3.20. The van der Waals surface area contributed by atoms with Gasteiger partial charge in [0.05, 0.1) is 0 Å². The first-order chi connectivity index (χ1) is 10.2. The number of rotatable bonds is 4. The summed E-state index contributed by atoms with van der Waals surface area (Å²) in [6, 6.07) is 18.8. The maximum absolute atomic E-state index is 13.4. The molecule has 0 heterocycles. The highest BCUT2D eigenvalue weighted by Gasteiger charge is 2.02. The number of nitrogens with two attached hydrogens (primary N) is 1. The number of hydrogen-bond acceptors (Lipinski definition) is 2. The second-order valence-electron chi connectivity index (χ2n) is 4.97. The highest BCUT2D eigenvalue weighted by atomic mass is 19.1. The predicted octanol–water partition coefficient (Wildman–Crippen LogP) is 4.02. The van der Waals surface area contributed by atoms with Crippen molar-refractivity contribution in [1.82, 2.24) is 0 Å². The molecule has 0 radical (unpaired) electrons. The molecule has 2 nitrogen and oxygen atoms in total. The molecule has 0 fully saturated rings. The maximum Gasteiger partial charge on any atom is 0.123 e. The molecule has 106 valence electrons. The smallest absolute Gasteiger partial charge is 0.123 e. The van der Waals surface area contributed by atoms with Crippen LogP contribution in [0.5, 0.6) is 5.75 Å². The molecule has 21 heavy (non-hydrogen) atoms. The Kier molecular flexibility index (Phi) is 3.84. The van der Waals surface area contributed by atoms with Crippen LogP contribution in [0.4, 0.5) is 4.39 Å². The number of fused-ring (bicyclic) bond motifs is 1. The summed E-state index contributed by atoms with van der Waals surface area (Å²) < 4.78 is 19.2. The van der Waals surface area contributed by atoms with E-state index in [1.54, 1.807) is 0 Å². The third-order valence-electron chi connectivity index (χ3n) is 3.38. The van der Waals surface area contributed by atoms with Gasteiger partial charge in [0.1, 0.15) is 18.2 Å². The third-order valence-corrected chi connectivity index (χ3v) is 3.38. The van der Waals surface area contributed by atoms with Crippen molar-refractivity contribution in [3.8, 4) is 5.75 Å². The lowest BCUT2D eigenvalue weighted by Crippen LogP contribution is -2.01. The minimum Gasteiger partial charge on any atom is -0.489 e. The van der Waals surface area contributed by atoms with Crippen LogP contribution in [0.25, 0.3) is 10.8 Å². The zero-order valence-corrected chi connectivity index (χ0v) is 11.6. The van der Waals surface area contributed by atoms with Crippen molar-refractivity contribution in [1.29, 1.82) is 0 Å². The van der Waals surface area contributed by atoms with Gasteiger partial charge in [0.2, 0.25) is 0 Å². The SMILES string of the molecule is NCc1cc(F)cc(COc2ccc3ccccc3c2)c1. The Hall–Kier alpha value is -2.39. The van der Waals surface area contributed by atoms with E-state index in [0.717, 1.165) is 22.3 Å². The summed E-state index contributed by atoms with van der Waals surface area (Å²) in [4.78, 5) is 0. The van der Waals surface area contributed by atoms with Crippen LogP contribution in [-0.4, -0.2) is 0 Å². The van der Waals surface area contributed by atoms with Crippen molar-refractivity contribution < 1.29 is 9.13 Å². The molecule has 3 aromatic rings. The van der Waals surface area contributed by atoms with Gasteiger partial charge >= 0.3 is 0 Å². The van der Waals surface area contributed by atoms with Gasteiger partial charge in [-0.05, 0) is 46.2 Å². The number of ether oxygens (including phenoxy) is 1. The predicted molar refractivity (Wildman–Crippen MR) is 82.6 cm³/mol. The zero-order valence-electron chi connectivity index (χ0n) is 11.6. The lowest BCUT2D eigenvalue weighted by atomic mass is 10.1. The molecule has 0 unspecified atom stereocenters. The molecule has 0 aliphatic carbocycles. The van der Waals surface area contributed by atoms with Crippen LogP contribution >= 0.6 is 0 Å². The highest BCUT2D eigenvalue weighted by Crippen LogP contribution is 2.21. The first-order valence-electron chi connectivity index (χ1n) is 6.84. The fourth-order valence-electron chi connectivity index (χ4n) is 2.34. The molecule has 0 aliphatic rings. The van der Waals surface area contributed by atoms with Gasteiger partial charge in [0.15, 0.2) is 0 Å². The van der Waals surface area contributed by atoms with Crippen molar-refractivity contribution in [3.63, 3.8) is 0 Å². The van der Waals surface area contributed by atoms with Crippen LogP contribution in [0.2, 0.25) is 0 Å². The first kappa shape index (κ1) is 13.6. The Morgan fingerprint density at radius 2 is 1.62 bits per heavy atom. The Morgan fingerprint density at radius 1 is 0.857 bits per heavy atom. The molecular formula is C18H16FNO. The number of benzene rings is 3. The molecular weight excluding hydrogens is 265 g/mol. The number of halogens is 1. The van der Waals surface area contributed by atoms with Crippen molar-refractivity contribution in [2.45, 2.75) is 13.2 Å². The molecule has 0 saturated heterocycles. The van der Waals surface area contributed by atoms with Gasteiger partial charge in [0.25, 0.3) is 0 Å². The zero-order chi connectivity index (χ0) is 14.7. The molecule has 0 saturated carbocycles. The van der Waals surface area contributed by atoms with Crippen molar-refractivity contribution in [2.75, 3.05) is 0 Å². The summed E-state index contributed by atoms with van der Waals surface area (Å²) in [5.41, 5.74) is 7.10. The molecule has 3 heteroatoms. The topological polar surface area (TPSA) is 35.2 Å². The fourth-order valence-corrected chi connectivity index (χ4v) is 2.34. The summed E-state index contributed by atoms with van der Waals surface area (Å²) in [5, 5.41) is 2.29. The second-order valence-corrected chi connectivity index (χ2v) is 4.97. The van der Waals surface area contributed by atoms with Crippen LogP contribution in [0, 0.1) is 5.82 Å². The molecule has 0 aromatic heterocycles. The van der Waals surface area contributed by atoms with E-state index in [9.17, 15) is 4.39 Å². The van der Waals surface area contributed by atoms with Gasteiger partial charge in [-0.15, -0.1) is 0 Å². The summed E-state index contributed by atoms with van der Waals surface area (Å²) in [6.45, 7) is 0.643. The van der Waals surface area contributed by atoms with Crippen LogP contribution in [-0.2, 0) is 13.2 Å². The highest BCUT2D eigenvalue weighted by molar-refractivity contribution is 5.83. The van der Waals surface area contributed by atoms with Gasteiger partial charge in [0, 0.05) is 6.54 Å². The van der Waals surface area contributed by atoms with Gasteiger partial charge in [-0.25, -0.2) is 4.39 Å². The average Bonchev–Trinajstić information content (AvgIpc) is 2.52. The maximum atomic E-state index is 13.4. The van der Waals surface area contributed by atoms with Gasteiger partial charge in [-0.3, -0.25) is 0 Å². The normalized spacial score (nSPS) is 10.8. The van der Waals surface area contributed by atoms with Crippen LogP contribution in [0.1, 0.15) is 11.1 Å². The molecule has 0 atom stereocenters. The average molecular weight is 281 g/mol. The Labute approximate surface area is 123 Å². The molecule has 0 bridgehead atoms. The minimum atomic E-state index is -0.282. The number of hydrogen-bond donors (Lipinski definition) is 1. The van der Waals surface area contributed by atoms with E-state index in [1.165, 1.54) is 17.5 Å². The summed E-state index contributed by atoms with van der Waals surface area (Å²) in [7, 11) is 0. The summed E-state index contributed by atoms with van der Waals surface area (Å²) in [5.74, 6) is 0.488. The van der Waals surface area contributed by atoms with E-state index < -0.39 is 0 Å². The van der Waals surface area contributed by atoms with Crippen LogP contribution < -0.4 is 10.5 Å². The van der Waals surface area contributed by atoms with E-state index in [-0.39, 0.29) is 5.82 Å². The Morgan fingerprint density at radius 3 is 2.43 bits per heavy atom. The lowest BCUT2D eigenvalue weighted by molar-refractivity contribution is 0.306. The van der Waals surface area contributed by atoms with Crippen LogP contribution in [0.3, 0.4) is 0 Å². The molecule has 2 N–H and O–H groups in total. The van der Waals surface area contributed by atoms with Gasteiger partial charge in [-0.2, -0.15) is 0 Å². The van der Waals surface area contributed by atoms with E-state index in [1.807, 2.05) is 42.5 Å². The van der Waals surface area contributed by atoms with Gasteiger partial charge in [-0.1, -0.05) is 36.4 Å². The summed E-state index contributed by atoms with van der Waals surface area (Å²) >= 11 is 0. The summed E-state index contributed by atoms with van der Waals surface area (Å²) in [6.07, 6.45) is 0. The quantitative estimate of drug-likeness (QED) is 0.784. The van der Waals surface area contributed by atoms with Crippen LogP contribution in [0.15, 0.2) is 60.7 Å². The first-order valence-corrected chi connectivity index (χ1v) is 6.84. The Balaban J connectivity index is 1.78. The van der Waals surface area contributed by atoms with E-state index >= 15 is 0 Å². The minimum absolute atomic E-state index is 0.282. The lowest BCUT2D eigenvalue weighted by Gasteiger charge is -2.09. The van der Waals surface area contributed by atoms with Crippen molar-refractivity contribution >= 4 is 10.8 Å². The van der Waals surface area contributed by atoms with E-state index in [4.69, 9.17) is 10.5 Å². The molecule has 3 aromatic carbocycles. The van der Waals surface area contributed by atoms with Crippen molar-refractivity contribution in [3.05, 3.63) is 77.6 Å². The largest absolute Gasteiger partial charge is 0.489 e. The fraction of sp³-hybridized carbons (Fsp3) is 0.111.